The molecule has 0 radical (unpaired) electrons. The summed E-state index contributed by atoms with van der Waals surface area (Å²) in [5.41, 5.74) is 0.537. The van der Waals surface area contributed by atoms with Crippen molar-refractivity contribution in [3.05, 3.63) is 0 Å². The van der Waals surface area contributed by atoms with Gasteiger partial charge in [-0.05, 0) is 56.5 Å². The molecule has 2 saturated heterocycles. The summed E-state index contributed by atoms with van der Waals surface area (Å²) in [6.45, 7) is 14.7. The first-order valence-electron chi connectivity index (χ1n) is 7.48. The Balaban J connectivity index is 1.98. The van der Waals surface area contributed by atoms with Crippen LogP contribution in [0.5, 0.6) is 0 Å². The second kappa shape index (κ2) is 5.27. The number of nitrogens with zero attached hydrogens (tertiary/aromatic N) is 1. The van der Waals surface area contributed by atoms with Crippen molar-refractivity contribution in [3.63, 3.8) is 0 Å². The van der Waals surface area contributed by atoms with E-state index in [-0.39, 0.29) is 0 Å². The Morgan fingerprint density at radius 1 is 1.35 bits per heavy atom. The van der Waals surface area contributed by atoms with E-state index < -0.39 is 0 Å². The summed E-state index contributed by atoms with van der Waals surface area (Å²) in [6, 6.07) is 0.787. The van der Waals surface area contributed by atoms with E-state index in [1.54, 1.807) is 0 Å². The lowest BCUT2D eigenvalue weighted by Crippen LogP contribution is -2.49. The third-order valence-corrected chi connectivity index (χ3v) is 5.30. The van der Waals surface area contributed by atoms with E-state index in [0.29, 0.717) is 5.41 Å². The highest BCUT2D eigenvalue weighted by Crippen LogP contribution is 2.37. The van der Waals surface area contributed by atoms with Crippen LogP contribution in [0, 0.1) is 17.3 Å². The molecule has 0 aromatic heterocycles. The van der Waals surface area contributed by atoms with Crippen molar-refractivity contribution < 1.29 is 0 Å². The Morgan fingerprint density at radius 2 is 2.12 bits per heavy atom. The lowest BCUT2D eigenvalue weighted by molar-refractivity contribution is 0.0553. The molecular formula is C15H30N2. The smallest absolute Gasteiger partial charge is 0.00697 e. The van der Waals surface area contributed by atoms with E-state index in [1.165, 1.54) is 45.4 Å². The highest BCUT2D eigenvalue weighted by atomic mass is 15.2. The van der Waals surface area contributed by atoms with Gasteiger partial charge < -0.3 is 10.2 Å². The average molecular weight is 238 g/mol. The topological polar surface area (TPSA) is 15.3 Å². The van der Waals surface area contributed by atoms with E-state index >= 15 is 0 Å². The second-order valence-corrected chi connectivity index (χ2v) is 6.89. The Hall–Kier alpha value is -0.0800. The minimum atomic E-state index is 0.537. The maximum atomic E-state index is 3.58. The van der Waals surface area contributed by atoms with Crippen LogP contribution in [0.2, 0.25) is 0 Å². The van der Waals surface area contributed by atoms with Crippen molar-refractivity contribution in [3.8, 4) is 0 Å². The minimum Gasteiger partial charge on any atom is -0.316 e. The van der Waals surface area contributed by atoms with Gasteiger partial charge in [0.15, 0.2) is 0 Å². The fourth-order valence-corrected chi connectivity index (χ4v) is 3.67. The highest BCUT2D eigenvalue weighted by molar-refractivity contribution is 4.94. The molecule has 0 aromatic carbocycles. The molecule has 0 saturated carbocycles. The van der Waals surface area contributed by atoms with Gasteiger partial charge >= 0.3 is 0 Å². The molecule has 2 heterocycles. The Morgan fingerprint density at radius 3 is 2.65 bits per heavy atom. The van der Waals surface area contributed by atoms with Crippen LogP contribution in [0.3, 0.4) is 0 Å². The SMILES string of the molecule is CC1CCN(CC2(C(C)C)CCNC2)C(C)C1. The van der Waals surface area contributed by atoms with E-state index in [9.17, 15) is 0 Å². The minimum absolute atomic E-state index is 0.537. The first-order chi connectivity index (χ1) is 8.03. The first kappa shape index (κ1) is 13.4. The lowest BCUT2D eigenvalue weighted by atomic mass is 9.75. The van der Waals surface area contributed by atoms with Gasteiger partial charge in [-0.1, -0.05) is 20.8 Å². The maximum Gasteiger partial charge on any atom is 0.00697 e. The van der Waals surface area contributed by atoms with Crippen molar-refractivity contribution in [2.45, 2.75) is 53.0 Å². The van der Waals surface area contributed by atoms with Crippen LogP contribution in [0.4, 0.5) is 0 Å². The molecule has 0 aromatic rings. The van der Waals surface area contributed by atoms with Crippen LogP contribution >= 0.6 is 0 Å². The molecule has 2 aliphatic heterocycles. The monoisotopic (exact) mass is 238 g/mol. The normalized spacial score (nSPS) is 40.1. The number of piperidine rings is 1. The summed E-state index contributed by atoms with van der Waals surface area (Å²) >= 11 is 0. The zero-order valence-corrected chi connectivity index (χ0v) is 12.1. The van der Waals surface area contributed by atoms with Gasteiger partial charge in [-0.2, -0.15) is 0 Å². The Kier molecular flexibility index (Phi) is 4.14. The van der Waals surface area contributed by atoms with Crippen molar-refractivity contribution in [2.24, 2.45) is 17.3 Å². The number of likely N-dealkylation sites (tertiary alicyclic amines) is 1. The molecule has 3 atom stereocenters. The zero-order valence-electron chi connectivity index (χ0n) is 12.1. The molecule has 0 bridgehead atoms. The molecule has 2 fully saturated rings. The Bertz CT molecular complexity index is 243. The summed E-state index contributed by atoms with van der Waals surface area (Å²) < 4.78 is 0. The molecule has 0 amide bonds. The van der Waals surface area contributed by atoms with Crippen molar-refractivity contribution >= 4 is 0 Å². The van der Waals surface area contributed by atoms with Gasteiger partial charge in [0.05, 0.1) is 0 Å². The van der Waals surface area contributed by atoms with E-state index in [2.05, 4.69) is 37.9 Å². The van der Waals surface area contributed by atoms with E-state index in [1.807, 2.05) is 0 Å². The van der Waals surface area contributed by atoms with Crippen LogP contribution in [0.1, 0.15) is 47.0 Å². The fraction of sp³-hybridized carbons (Fsp3) is 1.00. The molecule has 100 valence electrons. The fourth-order valence-electron chi connectivity index (χ4n) is 3.67. The second-order valence-electron chi connectivity index (χ2n) is 6.89. The third kappa shape index (κ3) is 2.85. The van der Waals surface area contributed by atoms with Gasteiger partial charge in [0.1, 0.15) is 0 Å². The van der Waals surface area contributed by atoms with Crippen molar-refractivity contribution in [1.29, 1.82) is 0 Å². The van der Waals surface area contributed by atoms with Crippen molar-refractivity contribution in [2.75, 3.05) is 26.2 Å². The van der Waals surface area contributed by atoms with Crippen LogP contribution in [-0.4, -0.2) is 37.1 Å². The van der Waals surface area contributed by atoms with Crippen LogP contribution in [0.25, 0.3) is 0 Å². The van der Waals surface area contributed by atoms with Crippen LogP contribution in [-0.2, 0) is 0 Å². The van der Waals surface area contributed by atoms with E-state index in [4.69, 9.17) is 0 Å². The standard InChI is InChI=1S/C15H30N2/c1-12(2)15(6-7-16-10-15)11-17-8-5-13(3)9-14(17)4/h12-14,16H,5-11H2,1-4H3. The molecule has 0 aliphatic carbocycles. The summed E-state index contributed by atoms with van der Waals surface area (Å²) in [5, 5.41) is 3.58. The van der Waals surface area contributed by atoms with Gasteiger partial charge in [-0.15, -0.1) is 0 Å². The van der Waals surface area contributed by atoms with Gasteiger partial charge in [-0.25, -0.2) is 0 Å². The van der Waals surface area contributed by atoms with Gasteiger partial charge in [0, 0.05) is 19.1 Å². The van der Waals surface area contributed by atoms with E-state index in [0.717, 1.165) is 17.9 Å². The van der Waals surface area contributed by atoms with Crippen LogP contribution < -0.4 is 5.32 Å². The molecule has 3 unspecified atom stereocenters. The molecule has 0 spiro atoms. The van der Waals surface area contributed by atoms with Gasteiger partial charge in [-0.3, -0.25) is 0 Å². The first-order valence-corrected chi connectivity index (χ1v) is 7.48. The molecule has 2 rings (SSSR count). The largest absolute Gasteiger partial charge is 0.316 e. The van der Waals surface area contributed by atoms with Gasteiger partial charge in [0.2, 0.25) is 0 Å². The van der Waals surface area contributed by atoms with Crippen molar-refractivity contribution in [1.82, 2.24) is 10.2 Å². The molecule has 17 heavy (non-hydrogen) atoms. The quantitative estimate of drug-likeness (QED) is 0.813. The maximum absolute atomic E-state index is 3.58. The third-order valence-electron chi connectivity index (χ3n) is 5.30. The molecular weight excluding hydrogens is 208 g/mol. The number of rotatable bonds is 3. The number of nitrogens with one attached hydrogen (secondary N) is 1. The summed E-state index contributed by atoms with van der Waals surface area (Å²) in [6.07, 6.45) is 4.15. The lowest BCUT2D eigenvalue weighted by Gasteiger charge is -2.44. The molecule has 2 aliphatic rings. The summed E-state index contributed by atoms with van der Waals surface area (Å²) in [4.78, 5) is 2.76. The molecule has 1 N–H and O–H groups in total. The predicted octanol–water partition coefficient (Wildman–Crippen LogP) is 2.74. The number of hydrogen-bond acceptors (Lipinski definition) is 2. The Labute approximate surface area is 107 Å². The molecule has 2 heteroatoms. The number of hydrogen-bond donors (Lipinski definition) is 1. The predicted molar refractivity (Wildman–Crippen MR) is 74.2 cm³/mol. The van der Waals surface area contributed by atoms with Gasteiger partial charge in [0.25, 0.3) is 0 Å². The summed E-state index contributed by atoms with van der Waals surface area (Å²) in [7, 11) is 0. The summed E-state index contributed by atoms with van der Waals surface area (Å²) in [5.74, 6) is 1.72. The zero-order chi connectivity index (χ0) is 12.5. The highest BCUT2D eigenvalue weighted by Gasteiger charge is 2.39. The van der Waals surface area contributed by atoms with Crippen LogP contribution in [0.15, 0.2) is 0 Å². The molecule has 2 nitrogen and oxygen atoms in total. The average Bonchev–Trinajstić information content (AvgIpc) is 2.72.